The van der Waals surface area contributed by atoms with E-state index in [0.717, 1.165) is 16.9 Å². The van der Waals surface area contributed by atoms with Crippen molar-refractivity contribution in [1.29, 1.82) is 0 Å². The lowest BCUT2D eigenvalue weighted by Gasteiger charge is -2.14. The first kappa shape index (κ1) is 24.5. The van der Waals surface area contributed by atoms with Gasteiger partial charge >= 0.3 is 0 Å². The van der Waals surface area contributed by atoms with Crippen molar-refractivity contribution in [3.63, 3.8) is 0 Å². The lowest BCUT2D eigenvalue weighted by molar-refractivity contribution is -0.114. The maximum Gasteiger partial charge on any atom is 0.221 e. The van der Waals surface area contributed by atoms with Crippen molar-refractivity contribution < 1.29 is 14.3 Å². The largest absolute Gasteiger partial charge is 0.496 e. The lowest BCUT2D eigenvalue weighted by atomic mass is 10.1. The first-order chi connectivity index (χ1) is 13.5. The topological polar surface area (TPSA) is 84.0 Å². The third-order valence-corrected chi connectivity index (χ3v) is 3.93. The monoisotopic (exact) mass is 512 g/mol. The number of aryl methyl sites for hydroxylation is 1. The number of aliphatic imine (C=N–C) groups is 1. The van der Waals surface area contributed by atoms with Gasteiger partial charge in [0.2, 0.25) is 5.91 Å². The summed E-state index contributed by atoms with van der Waals surface area (Å²) in [4.78, 5) is 15.3. The number of hydrogen-bond donors (Lipinski definition) is 3. The zero-order valence-corrected chi connectivity index (χ0v) is 19.6. The van der Waals surface area contributed by atoms with E-state index in [1.165, 1.54) is 6.92 Å². The maximum atomic E-state index is 11.1. The number of carbonyl (C=O) groups is 1. The van der Waals surface area contributed by atoms with Crippen LogP contribution in [0, 0.1) is 6.92 Å². The van der Waals surface area contributed by atoms with Gasteiger partial charge in [-0.1, -0.05) is 18.2 Å². The predicted octanol–water partition coefficient (Wildman–Crippen LogP) is 3.32. The van der Waals surface area contributed by atoms with Crippen molar-refractivity contribution in [2.75, 3.05) is 32.6 Å². The maximum absolute atomic E-state index is 11.1. The van der Waals surface area contributed by atoms with Crippen LogP contribution in [0.5, 0.6) is 11.5 Å². The van der Waals surface area contributed by atoms with Crippen molar-refractivity contribution >= 4 is 41.5 Å². The molecule has 0 radical (unpaired) electrons. The Kier molecular flexibility index (Phi) is 10.9. The Morgan fingerprint density at radius 3 is 2.62 bits per heavy atom. The Balaban J connectivity index is 0.00000420. The molecule has 0 heterocycles. The number of halogens is 1. The molecular weight excluding hydrogens is 483 g/mol. The van der Waals surface area contributed by atoms with Crippen LogP contribution in [0.1, 0.15) is 18.1 Å². The quantitative estimate of drug-likeness (QED) is 0.219. The van der Waals surface area contributed by atoms with Crippen LogP contribution >= 0.6 is 24.0 Å². The van der Waals surface area contributed by atoms with E-state index < -0.39 is 0 Å². The number of amides is 1. The summed E-state index contributed by atoms with van der Waals surface area (Å²) in [6, 6.07) is 13.4. The normalized spacial score (nSPS) is 10.6. The molecule has 0 atom stereocenters. The minimum absolute atomic E-state index is 0. The van der Waals surface area contributed by atoms with Crippen LogP contribution in [0.4, 0.5) is 5.69 Å². The predicted molar refractivity (Wildman–Crippen MR) is 128 cm³/mol. The average molecular weight is 512 g/mol. The van der Waals surface area contributed by atoms with Crippen molar-refractivity contribution in [3.05, 3.63) is 53.6 Å². The van der Waals surface area contributed by atoms with Crippen LogP contribution in [-0.4, -0.2) is 39.2 Å². The van der Waals surface area contributed by atoms with Gasteiger partial charge in [0.05, 0.1) is 13.7 Å². The van der Waals surface area contributed by atoms with E-state index in [-0.39, 0.29) is 29.9 Å². The minimum atomic E-state index is -0.112. The van der Waals surface area contributed by atoms with Crippen LogP contribution in [0.25, 0.3) is 0 Å². The van der Waals surface area contributed by atoms with Gasteiger partial charge in [0, 0.05) is 37.8 Å². The van der Waals surface area contributed by atoms with Crippen LogP contribution in [0.2, 0.25) is 0 Å². The van der Waals surface area contributed by atoms with Crippen molar-refractivity contribution in [1.82, 2.24) is 10.6 Å². The molecule has 0 unspecified atom stereocenters. The molecule has 0 aromatic heterocycles. The second kappa shape index (κ2) is 12.9. The number of ether oxygens (including phenoxy) is 2. The molecule has 0 saturated heterocycles. The van der Waals surface area contributed by atoms with Crippen LogP contribution in [0.15, 0.2) is 47.5 Å². The van der Waals surface area contributed by atoms with Crippen LogP contribution in [0.3, 0.4) is 0 Å². The number of carbonyl (C=O) groups excluding carboxylic acids is 1. The van der Waals surface area contributed by atoms with E-state index in [9.17, 15) is 4.79 Å². The zero-order chi connectivity index (χ0) is 20.4. The average Bonchev–Trinajstić information content (AvgIpc) is 2.68. The summed E-state index contributed by atoms with van der Waals surface area (Å²) in [5.41, 5.74) is 2.92. The van der Waals surface area contributed by atoms with Gasteiger partial charge in [-0.2, -0.15) is 0 Å². The highest BCUT2D eigenvalue weighted by molar-refractivity contribution is 14.0. The molecule has 0 bridgehead atoms. The molecule has 7 nitrogen and oxygen atoms in total. The molecule has 0 saturated carbocycles. The Labute approximate surface area is 189 Å². The van der Waals surface area contributed by atoms with E-state index in [4.69, 9.17) is 9.47 Å². The fraction of sp³-hybridized carbons (Fsp3) is 0.333. The van der Waals surface area contributed by atoms with Crippen LogP contribution < -0.4 is 25.4 Å². The van der Waals surface area contributed by atoms with E-state index in [0.29, 0.717) is 37.1 Å². The Morgan fingerprint density at radius 1 is 1.14 bits per heavy atom. The highest BCUT2D eigenvalue weighted by Crippen LogP contribution is 2.19. The molecule has 0 aliphatic heterocycles. The summed E-state index contributed by atoms with van der Waals surface area (Å²) in [6.07, 6.45) is 0. The number of benzene rings is 2. The molecule has 2 aromatic carbocycles. The summed E-state index contributed by atoms with van der Waals surface area (Å²) < 4.78 is 11.1. The van der Waals surface area contributed by atoms with Crippen molar-refractivity contribution in [2.45, 2.75) is 20.4 Å². The van der Waals surface area contributed by atoms with E-state index in [2.05, 4.69) is 27.0 Å². The third kappa shape index (κ3) is 8.59. The SMILES string of the molecule is CN=C(NCCOc1cccc(NC(C)=O)c1)NCc1ccc(C)cc1OC.I. The standard InChI is InChI=1S/C21H28N4O3.HI/c1-15-8-9-17(20(12-15)27-4)14-24-21(22-3)23-10-11-28-19-7-5-6-18(13-19)25-16(2)26;/h5-9,12-13H,10-11,14H2,1-4H3,(H,25,26)(H2,22,23,24);1H. The third-order valence-electron chi connectivity index (χ3n) is 3.93. The number of rotatable bonds is 8. The summed E-state index contributed by atoms with van der Waals surface area (Å²) in [5.74, 6) is 2.11. The van der Waals surface area contributed by atoms with Crippen molar-refractivity contribution in [3.8, 4) is 11.5 Å². The summed E-state index contributed by atoms with van der Waals surface area (Å²) in [6.45, 7) is 5.14. The zero-order valence-electron chi connectivity index (χ0n) is 17.2. The van der Waals surface area contributed by atoms with Gasteiger partial charge in [-0.3, -0.25) is 9.79 Å². The molecule has 3 N–H and O–H groups in total. The minimum Gasteiger partial charge on any atom is -0.496 e. The number of hydrogen-bond acceptors (Lipinski definition) is 4. The molecule has 0 aliphatic rings. The van der Waals surface area contributed by atoms with Gasteiger partial charge in [-0.05, 0) is 30.7 Å². The molecule has 0 fully saturated rings. The molecule has 0 spiro atoms. The van der Waals surface area contributed by atoms with Gasteiger partial charge < -0.3 is 25.4 Å². The van der Waals surface area contributed by atoms with Gasteiger partial charge in [-0.25, -0.2) is 0 Å². The lowest BCUT2D eigenvalue weighted by Crippen LogP contribution is -2.38. The van der Waals surface area contributed by atoms with E-state index in [1.54, 1.807) is 20.2 Å². The Hall–Kier alpha value is -2.49. The van der Waals surface area contributed by atoms with Gasteiger partial charge in [0.25, 0.3) is 0 Å². The summed E-state index contributed by atoms with van der Waals surface area (Å²) >= 11 is 0. The number of guanidine groups is 1. The van der Waals surface area contributed by atoms with Gasteiger partial charge in [-0.15, -0.1) is 24.0 Å². The molecular formula is C21H29IN4O3. The first-order valence-corrected chi connectivity index (χ1v) is 9.10. The molecule has 2 rings (SSSR count). The van der Waals surface area contributed by atoms with Crippen LogP contribution in [-0.2, 0) is 11.3 Å². The fourth-order valence-electron chi connectivity index (χ4n) is 2.60. The smallest absolute Gasteiger partial charge is 0.221 e. The molecule has 29 heavy (non-hydrogen) atoms. The van der Waals surface area contributed by atoms with E-state index in [1.807, 2.05) is 37.3 Å². The molecule has 2 aromatic rings. The summed E-state index contributed by atoms with van der Waals surface area (Å²) in [5, 5.41) is 9.21. The number of anilines is 1. The second-order valence-electron chi connectivity index (χ2n) is 6.23. The van der Waals surface area contributed by atoms with Crippen molar-refractivity contribution in [2.24, 2.45) is 4.99 Å². The van der Waals surface area contributed by atoms with E-state index >= 15 is 0 Å². The Morgan fingerprint density at radius 2 is 1.93 bits per heavy atom. The molecule has 1 amide bonds. The number of methoxy groups -OCH3 is 1. The molecule has 0 aliphatic carbocycles. The Bertz CT molecular complexity index is 827. The number of nitrogens with zero attached hydrogens (tertiary/aromatic N) is 1. The highest BCUT2D eigenvalue weighted by Gasteiger charge is 2.05. The first-order valence-electron chi connectivity index (χ1n) is 9.10. The second-order valence-corrected chi connectivity index (χ2v) is 6.23. The fourth-order valence-corrected chi connectivity index (χ4v) is 2.60. The van der Waals surface area contributed by atoms with Gasteiger partial charge in [0.15, 0.2) is 5.96 Å². The highest BCUT2D eigenvalue weighted by atomic mass is 127. The molecule has 8 heteroatoms. The molecule has 158 valence electrons. The number of nitrogens with one attached hydrogen (secondary N) is 3. The van der Waals surface area contributed by atoms with Gasteiger partial charge in [0.1, 0.15) is 18.1 Å². The summed E-state index contributed by atoms with van der Waals surface area (Å²) in [7, 11) is 3.39.